The van der Waals surface area contributed by atoms with Crippen LogP contribution >= 0.6 is 0 Å². The number of hydrogen-bond donors (Lipinski definition) is 4. The van der Waals surface area contributed by atoms with Crippen molar-refractivity contribution in [1.82, 2.24) is 15.5 Å². The van der Waals surface area contributed by atoms with Crippen LogP contribution in [-0.2, 0) is 14.3 Å². The van der Waals surface area contributed by atoms with Crippen molar-refractivity contribution in [2.75, 3.05) is 13.2 Å². The van der Waals surface area contributed by atoms with Crippen molar-refractivity contribution in [3.63, 3.8) is 0 Å². The molecule has 0 heterocycles. The molecule has 0 fully saturated rings. The summed E-state index contributed by atoms with van der Waals surface area (Å²) in [6.07, 6.45) is 1.52. The van der Waals surface area contributed by atoms with Gasteiger partial charge in [0.05, 0.1) is 6.61 Å². The fourth-order valence-corrected chi connectivity index (χ4v) is 3.30. The van der Waals surface area contributed by atoms with Gasteiger partial charge in [0.2, 0.25) is 11.8 Å². The third-order valence-electron chi connectivity index (χ3n) is 4.72. The minimum absolute atomic E-state index is 0.0300. The number of carbonyl (C=O) groups is 3. The number of aromatic hydroxyl groups is 1. The van der Waals surface area contributed by atoms with E-state index in [9.17, 15) is 24.6 Å². The highest BCUT2D eigenvalue weighted by molar-refractivity contribution is 5.92. The maximum Gasteiger partial charge on any atom is 0.408 e. The first-order valence-electron chi connectivity index (χ1n) is 11.7. The first-order chi connectivity index (χ1) is 15.7. The SMILES string of the molecule is CCCCCN(C(=O)C(CO)NC(=O)OC(C)(C)C)C(C(=O)NC(C)(C)C)c1ccc(O)cc1. The fourth-order valence-electron chi connectivity index (χ4n) is 3.30. The summed E-state index contributed by atoms with van der Waals surface area (Å²) >= 11 is 0. The highest BCUT2D eigenvalue weighted by Gasteiger charge is 2.36. The zero-order valence-corrected chi connectivity index (χ0v) is 21.5. The van der Waals surface area contributed by atoms with Gasteiger partial charge in [0.1, 0.15) is 23.4 Å². The molecule has 3 amide bonds. The zero-order valence-electron chi connectivity index (χ0n) is 21.5. The number of phenols is 1. The lowest BCUT2D eigenvalue weighted by molar-refractivity contribution is -0.144. The molecule has 0 aliphatic rings. The lowest BCUT2D eigenvalue weighted by atomic mass is 10.00. The summed E-state index contributed by atoms with van der Waals surface area (Å²) in [6.45, 7) is 12.2. The standard InChI is InChI=1S/C25H41N3O6/c1-8-9-10-15-28(22(32)19(16-29)26-23(33)34-25(5,6)7)20(21(31)27-24(2,3)4)17-11-13-18(30)14-12-17/h11-14,19-20,29-30H,8-10,15-16H2,1-7H3,(H,26,33)(H,27,31). The van der Waals surface area contributed by atoms with E-state index < -0.39 is 47.7 Å². The Bertz CT molecular complexity index is 811. The highest BCUT2D eigenvalue weighted by Crippen LogP contribution is 2.26. The smallest absolute Gasteiger partial charge is 0.408 e. The number of nitrogens with zero attached hydrogens (tertiary/aromatic N) is 1. The van der Waals surface area contributed by atoms with Crippen molar-refractivity contribution in [2.24, 2.45) is 0 Å². The average Bonchev–Trinajstić information content (AvgIpc) is 2.69. The average molecular weight is 480 g/mol. The van der Waals surface area contributed by atoms with E-state index in [2.05, 4.69) is 10.6 Å². The van der Waals surface area contributed by atoms with Crippen molar-refractivity contribution < 1.29 is 29.3 Å². The first kappa shape index (κ1) is 29.2. The van der Waals surface area contributed by atoms with Gasteiger partial charge in [-0.1, -0.05) is 31.9 Å². The largest absolute Gasteiger partial charge is 0.508 e. The van der Waals surface area contributed by atoms with E-state index in [-0.39, 0.29) is 12.3 Å². The van der Waals surface area contributed by atoms with Crippen molar-refractivity contribution in [1.29, 1.82) is 0 Å². The van der Waals surface area contributed by atoms with Gasteiger partial charge in [-0.3, -0.25) is 9.59 Å². The number of amides is 3. The lowest BCUT2D eigenvalue weighted by Gasteiger charge is -2.35. The van der Waals surface area contributed by atoms with E-state index >= 15 is 0 Å². The van der Waals surface area contributed by atoms with Crippen LogP contribution in [0, 0.1) is 0 Å². The maximum atomic E-state index is 13.6. The molecule has 1 rings (SSSR count). The molecular formula is C25H41N3O6. The highest BCUT2D eigenvalue weighted by atomic mass is 16.6. The second kappa shape index (κ2) is 12.6. The zero-order chi connectivity index (χ0) is 26.1. The van der Waals surface area contributed by atoms with Gasteiger partial charge in [-0.25, -0.2) is 4.79 Å². The van der Waals surface area contributed by atoms with Crippen LogP contribution in [0.5, 0.6) is 5.75 Å². The lowest BCUT2D eigenvalue weighted by Crippen LogP contribution is -2.55. The summed E-state index contributed by atoms with van der Waals surface area (Å²) in [6, 6.07) is 3.74. The normalized spacial score (nSPS) is 13.5. The quantitative estimate of drug-likeness (QED) is 0.381. The van der Waals surface area contributed by atoms with E-state index in [4.69, 9.17) is 4.74 Å². The number of carbonyl (C=O) groups excluding carboxylic acids is 3. The Hall–Kier alpha value is -2.81. The van der Waals surface area contributed by atoms with Gasteiger partial charge in [-0.2, -0.15) is 0 Å². The molecule has 192 valence electrons. The Morgan fingerprint density at radius 2 is 1.62 bits per heavy atom. The Balaban J connectivity index is 3.39. The number of nitrogens with one attached hydrogen (secondary N) is 2. The molecule has 9 nitrogen and oxygen atoms in total. The molecule has 0 bridgehead atoms. The number of benzene rings is 1. The molecule has 34 heavy (non-hydrogen) atoms. The van der Waals surface area contributed by atoms with Gasteiger partial charge in [0.15, 0.2) is 0 Å². The van der Waals surface area contributed by atoms with Crippen molar-refractivity contribution >= 4 is 17.9 Å². The predicted octanol–water partition coefficient (Wildman–Crippen LogP) is 3.25. The topological polar surface area (TPSA) is 128 Å². The molecule has 2 atom stereocenters. The molecule has 0 aromatic heterocycles. The van der Waals surface area contributed by atoms with E-state index in [0.717, 1.165) is 12.8 Å². The van der Waals surface area contributed by atoms with Gasteiger partial charge in [-0.15, -0.1) is 0 Å². The molecule has 2 unspecified atom stereocenters. The summed E-state index contributed by atoms with van der Waals surface area (Å²) in [5.41, 5.74) is -0.844. The maximum absolute atomic E-state index is 13.6. The summed E-state index contributed by atoms with van der Waals surface area (Å²) in [5.74, 6) is -0.981. The van der Waals surface area contributed by atoms with Crippen LogP contribution in [0.4, 0.5) is 4.79 Å². The van der Waals surface area contributed by atoms with Gasteiger partial charge in [0.25, 0.3) is 0 Å². The molecular weight excluding hydrogens is 438 g/mol. The van der Waals surface area contributed by atoms with Crippen LogP contribution in [0.25, 0.3) is 0 Å². The minimum Gasteiger partial charge on any atom is -0.508 e. The van der Waals surface area contributed by atoms with E-state index in [1.807, 2.05) is 27.7 Å². The van der Waals surface area contributed by atoms with Crippen molar-refractivity contribution in [2.45, 2.75) is 91.0 Å². The second-order valence-electron chi connectivity index (χ2n) is 10.4. The molecule has 4 N–H and O–H groups in total. The van der Waals surface area contributed by atoms with Crippen LogP contribution in [-0.4, -0.2) is 63.4 Å². The van der Waals surface area contributed by atoms with Crippen molar-refractivity contribution in [3.05, 3.63) is 29.8 Å². The second-order valence-corrected chi connectivity index (χ2v) is 10.4. The van der Waals surface area contributed by atoms with Crippen LogP contribution in [0.3, 0.4) is 0 Å². The van der Waals surface area contributed by atoms with E-state index in [1.54, 1.807) is 32.9 Å². The molecule has 0 aliphatic carbocycles. The molecule has 9 heteroatoms. The molecule has 0 radical (unpaired) electrons. The van der Waals surface area contributed by atoms with Crippen molar-refractivity contribution in [3.8, 4) is 5.75 Å². The Morgan fingerprint density at radius 1 is 1.03 bits per heavy atom. The van der Waals surface area contributed by atoms with Gasteiger partial charge >= 0.3 is 6.09 Å². The monoisotopic (exact) mass is 479 g/mol. The minimum atomic E-state index is -1.29. The molecule has 0 saturated carbocycles. The van der Waals surface area contributed by atoms with Crippen LogP contribution in [0.2, 0.25) is 0 Å². The third kappa shape index (κ3) is 9.99. The molecule has 0 aliphatic heterocycles. The summed E-state index contributed by atoms with van der Waals surface area (Å²) in [4.78, 5) is 40.7. The molecule has 1 aromatic carbocycles. The summed E-state index contributed by atoms with van der Waals surface area (Å²) < 4.78 is 5.23. The Labute approximate surface area is 202 Å². The number of rotatable bonds is 10. The van der Waals surface area contributed by atoms with E-state index in [1.165, 1.54) is 17.0 Å². The number of alkyl carbamates (subject to hydrolysis) is 1. The number of aliphatic hydroxyl groups is 1. The summed E-state index contributed by atoms with van der Waals surface area (Å²) in [5, 5.41) is 25.0. The fraction of sp³-hybridized carbons (Fsp3) is 0.640. The number of ether oxygens (including phenoxy) is 1. The third-order valence-corrected chi connectivity index (χ3v) is 4.72. The van der Waals surface area contributed by atoms with Gasteiger partial charge in [0, 0.05) is 12.1 Å². The number of unbranched alkanes of at least 4 members (excludes halogenated alkanes) is 2. The molecule has 0 spiro atoms. The molecule has 0 saturated heterocycles. The van der Waals surface area contributed by atoms with Crippen LogP contribution < -0.4 is 10.6 Å². The van der Waals surface area contributed by atoms with Crippen LogP contribution in [0.1, 0.15) is 79.3 Å². The Kier molecular flexibility index (Phi) is 10.8. The molecule has 1 aromatic rings. The number of phenolic OH excluding ortho intramolecular Hbond substituents is 1. The predicted molar refractivity (Wildman–Crippen MR) is 130 cm³/mol. The van der Waals surface area contributed by atoms with Gasteiger partial charge < -0.3 is 30.5 Å². The number of aliphatic hydroxyl groups excluding tert-OH is 1. The van der Waals surface area contributed by atoms with Gasteiger partial charge in [-0.05, 0) is 65.7 Å². The van der Waals surface area contributed by atoms with E-state index in [0.29, 0.717) is 12.0 Å². The Morgan fingerprint density at radius 3 is 2.09 bits per heavy atom. The van der Waals surface area contributed by atoms with Crippen LogP contribution in [0.15, 0.2) is 24.3 Å². The summed E-state index contributed by atoms with van der Waals surface area (Å²) in [7, 11) is 0. The number of hydrogen-bond acceptors (Lipinski definition) is 6. The first-order valence-corrected chi connectivity index (χ1v) is 11.7.